The van der Waals surface area contributed by atoms with Crippen LogP contribution in [0.25, 0.3) is 6.08 Å². The molecule has 0 radical (unpaired) electrons. The van der Waals surface area contributed by atoms with E-state index in [-0.39, 0.29) is 5.70 Å². The number of carbonyl (C=O) groups excluding carboxylic acids is 1. The van der Waals surface area contributed by atoms with E-state index < -0.39 is 11.9 Å². The molecule has 1 aromatic carbocycles. The van der Waals surface area contributed by atoms with Crippen molar-refractivity contribution >= 4 is 18.0 Å². The van der Waals surface area contributed by atoms with Crippen molar-refractivity contribution in [2.24, 2.45) is 0 Å². The van der Waals surface area contributed by atoms with E-state index in [1.165, 1.54) is 20.1 Å². The monoisotopic (exact) mass is 293 g/mol. The molecule has 0 saturated carbocycles. The van der Waals surface area contributed by atoms with Gasteiger partial charge in [-0.25, -0.2) is 4.79 Å². The number of carboxylic acid groups (broad SMARTS) is 1. The van der Waals surface area contributed by atoms with E-state index in [9.17, 15) is 9.59 Å². The smallest absolute Gasteiger partial charge is 0.352 e. The Morgan fingerprint density at radius 3 is 2.57 bits per heavy atom. The van der Waals surface area contributed by atoms with Crippen LogP contribution in [0.15, 0.2) is 23.9 Å². The first-order valence-corrected chi connectivity index (χ1v) is 6.51. The summed E-state index contributed by atoms with van der Waals surface area (Å²) in [5, 5.41) is 11.3. The maximum atomic E-state index is 11.1. The van der Waals surface area contributed by atoms with Crippen molar-refractivity contribution in [1.29, 1.82) is 0 Å². The summed E-state index contributed by atoms with van der Waals surface area (Å²) < 4.78 is 10.7. The van der Waals surface area contributed by atoms with Gasteiger partial charge in [-0.2, -0.15) is 0 Å². The molecule has 1 rings (SSSR count). The van der Waals surface area contributed by atoms with Crippen LogP contribution in [0.1, 0.15) is 25.8 Å². The SMILES string of the molecule is CCCOc1ccc(/C=C(\NC(C)=O)C(=O)O)cc1OC. The van der Waals surface area contributed by atoms with Crippen LogP contribution in [-0.2, 0) is 9.59 Å². The van der Waals surface area contributed by atoms with Crippen molar-refractivity contribution < 1.29 is 24.2 Å². The molecule has 0 atom stereocenters. The molecule has 1 amide bonds. The van der Waals surface area contributed by atoms with Gasteiger partial charge in [0.1, 0.15) is 5.70 Å². The lowest BCUT2D eigenvalue weighted by Crippen LogP contribution is -2.24. The van der Waals surface area contributed by atoms with Crippen LogP contribution in [0.5, 0.6) is 11.5 Å². The fraction of sp³-hybridized carbons (Fsp3) is 0.333. The standard InChI is InChI=1S/C15H19NO5/c1-4-7-21-13-6-5-11(9-14(13)20-3)8-12(15(18)19)16-10(2)17/h5-6,8-9H,4,7H2,1-3H3,(H,16,17)(H,18,19)/b12-8-. The summed E-state index contributed by atoms with van der Waals surface area (Å²) in [6.07, 6.45) is 2.23. The Morgan fingerprint density at radius 2 is 2.05 bits per heavy atom. The number of ether oxygens (including phenoxy) is 2. The van der Waals surface area contributed by atoms with E-state index in [4.69, 9.17) is 14.6 Å². The quantitative estimate of drug-likeness (QED) is 0.751. The number of carboxylic acids is 1. The van der Waals surface area contributed by atoms with Crippen LogP contribution in [0, 0.1) is 0 Å². The van der Waals surface area contributed by atoms with Crippen molar-refractivity contribution in [3.05, 3.63) is 29.5 Å². The largest absolute Gasteiger partial charge is 0.493 e. The van der Waals surface area contributed by atoms with E-state index in [0.717, 1.165) is 6.42 Å². The van der Waals surface area contributed by atoms with E-state index >= 15 is 0 Å². The maximum absolute atomic E-state index is 11.1. The second-order valence-corrected chi connectivity index (χ2v) is 4.30. The van der Waals surface area contributed by atoms with Gasteiger partial charge in [0.25, 0.3) is 0 Å². The van der Waals surface area contributed by atoms with Crippen molar-refractivity contribution in [2.45, 2.75) is 20.3 Å². The maximum Gasteiger partial charge on any atom is 0.352 e. The third-order valence-electron chi connectivity index (χ3n) is 2.50. The van der Waals surface area contributed by atoms with Crippen LogP contribution in [0.4, 0.5) is 0 Å². The van der Waals surface area contributed by atoms with Crippen molar-refractivity contribution in [2.75, 3.05) is 13.7 Å². The summed E-state index contributed by atoms with van der Waals surface area (Å²) >= 11 is 0. The minimum atomic E-state index is -1.21. The molecule has 0 aliphatic carbocycles. The van der Waals surface area contributed by atoms with E-state index in [2.05, 4.69) is 5.32 Å². The fourth-order valence-corrected chi connectivity index (χ4v) is 1.61. The molecule has 0 fully saturated rings. The topological polar surface area (TPSA) is 84.9 Å². The summed E-state index contributed by atoms with van der Waals surface area (Å²) in [6, 6.07) is 5.04. The normalized spacial score (nSPS) is 10.9. The molecular weight excluding hydrogens is 274 g/mol. The van der Waals surface area contributed by atoms with E-state index in [0.29, 0.717) is 23.7 Å². The number of aliphatic carboxylic acids is 1. The van der Waals surface area contributed by atoms with Gasteiger partial charge >= 0.3 is 5.97 Å². The lowest BCUT2D eigenvalue weighted by molar-refractivity contribution is -0.134. The second kappa shape index (κ2) is 7.94. The Hall–Kier alpha value is -2.50. The van der Waals surface area contributed by atoms with Crippen LogP contribution in [0.3, 0.4) is 0 Å². The fourth-order valence-electron chi connectivity index (χ4n) is 1.61. The Labute approximate surface area is 123 Å². The zero-order chi connectivity index (χ0) is 15.8. The number of amides is 1. The average Bonchev–Trinajstić information content (AvgIpc) is 2.44. The first-order valence-electron chi connectivity index (χ1n) is 6.51. The van der Waals surface area contributed by atoms with Crippen LogP contribution in [0.2, 0.25) is 0 Å². The number of methoxy groups -OCH3 is 1. The second-order valence-electron chi connectivity index (χ2n) is 4.30. The van der Waals surface area contributed by atoms with Crippen LogP contribution in [-0.4, -0.2) is 30.7 Å². The number of hydrogen-bond acceptors (Lipinski definition) is 4. The van der Waals surface area contributed by atoms with Gasteiger partial charge in [0.2, 0.25) is 5.91 Å². The lowest BCUT2D eigenvalue weighted by atomic mass is 10.1. The highest BCUT2D eigenvalue weighted by atomic mass is 16.5. The summed E-state index contributed by atoms with van der Waals surface area (Å²) in [5.41, 5.74) is 0.383. The molecule has 0 aromatic heterocycles. The number of benzene rings is 1. The molecule has 0 spiro atoms. The van der Waals surface area contributed by atoms with Gasteiger partial charge in [-0.05, 0) is 30.2 Å². The molecule has 1 aromatic rings. The molecule has 21 heavy (non-hydrogen) atoms. The van der Waals surface area contributed by atoms with Gasteiger partial charge in [-0.15, -0.1) is 0 Å². The summed E-state index contributed by atoms with van der Waals surface area (Å²) in [6.45, 7) is 3.81. The molecule has 0 saturated heterocycles. The molecule has 114 valence electrons. The molecule has 0 unspecified atom stereocenters. The lowest BCUT2D eigenvalue weighted by Gasteiger charge is -2.11. The molecule has 0 aliphatic rings. The molecule has 6 nitrogen and oxygen atoms in total. The zero-order valence-corrected chi connectivity index (χ0v) is 12.3. The summed E-state index contributed by atoms with van der Waals surface area (Å²) in [7, 11) is 1.51. The number of hydrogen-bond donors (Lipinski definition) is 2. The minimum absolute atomic E-state index is 0.202. The molecule has 0 heterocycles. The zero-order valence-electron chi connectivity index (χ0n) is 12.3. The number of nitrogens with one attached hydrogen (secondary N) is 1. The van der Waals surface area contributed by atoms with E-state index in [1.807, 2.05) is 6.92 Å². The molecule has 0 aliphatic heterocycles. The predicted molar refractivity (Wildman–Crippen MR) is 78.2 cm³/mol. The first-order chi connectivity index (χ1) is 9.97. The third kappa shape index (κ3) is 5.18. The number of carbonyl (C=O) groups is 2. The summed E-state index contributed by atoms with van der Waals surface area (Å²) in [4.78, 5) is 22.0. The van der Waals surface area contributed by atoms with Crippen molar-refractivity contribution in [3.8, 4) is 11.5 Å². The Kier molecular flexibility index (Phi) is 6.26. The molecular formula is C15H19NO5. The first kappa shape index (κ1) is 16.6. The van der Waals surface area contributed by atoms with Crippen LogP contribution < -0.4 is 14.8 Å². The van der Waals surface area contributed by atoms with Crippen molar-refractivity contribution in [3.63, 3.8) is 0 Å². The van der Waals surface area contributed by atoms with Gasteiger partial charge in [0, 0.05) is 6.92 Å². The van der Waals surface area contributed by atoms with Gasteiger partial charge in [-0.1, -0.05) is 13.0 Å². The Bertz CT molecular complexity index is 551. The average molecular weight is 293 g/mol. The van der Waals surface area contributed by atoms with Gasteiger partial charge in [0.05, 0.1) is 13.7 Å². The van der Waals surface area contributed by atoms with Gasteiger partial charge < -0.3 is 19.9 Å². The van der Waals surface area contributed by atoms with E-state index in [1.54, 1.807) is 18.2 Å². The minimum Gasteiger partial charge on any atom is -0.493 e. The molecule has 0 bridgehead atoms. The highest BCUT2D eigenvalue weighted by Crippen LogP contribution is 2.28. The van der Waals surface area contributed by atoms with Crippen molar-refractivity contribution in [1.82, 2.24) is 5.32 Å². The highest BCUT2D eigenvalue weighted by Gasteiger charge is 2.10. The highest BCUT2D eigenvalue weighted by molar-refractivity contribution is 5.96. The molecule has 2 N–H and O–H groups in total. The Balaban J connectivity index is 3.07. The Morgan fingerprint density at radius 1 is 1.33 bits per heavy atom. The van der Waals surface area contributed by atoms with Crippen LogP contribution >= 0.6 is 0 Å². The molecule has 6 heteroatoms. The van der Waals surface area contributed by atoms with Gasteiger partial charge in [-0.3, -0.25) is 4.79 Å². The predicted octanol–water partition coefficient (Wildman–Crippen LogP) is 2.05. The van der Waals surface area contributed by atoms with Gasteiger partial charge in [0.15, 0.2) is 11.5 Å². The third-order valence-corrected chi connectivity index (χ3v) is 2.50. The number of rotatable bonds is 7. The summed E-state index contributed by atoms with van der Waals surface area (Å²) in [5.74, 6) is -0.563.